The van der Waals surface area contributed by atoms with E-state index in [1.807, 2.05) is 0 Å². The normalized spacial score (nSPS) is 10.3. The maximum Gasteiger partial charge on any atom is 0.188 e. The van der Waals surface area contributed by atoms with Gasteiger partial charge in [0.05, 0.1) is 23.5 Å². The molecular formula is C10H8BrN3O2. The number of nitrogens with zero attached hydrogens (tertiary/aromatic N) is 3. The monoisotopic (exact) mass is 281 g/mol. The van der Waals surface area contributed by atoms with E-state index in [2.05, 4.69) is 27.1 Å². The highest BCUT2D eigenvalue weighted by atomic mass is 79.9. The van der Waals surface area contributed by atoms with E-state index in [9.17, 15) is 0 Å². The van der Waals surface area contributed by atoms with Gasteiger partial charge in [-0.2, -0.15) is 10.4 Å². The molecule has 0 fully saturated rings. The van der Waals surface area contributed by atoms with E-state index in [1.54, 1.807) is 23.9 Å². The lowest BCUT2D eigenvalue weighted by molar-refractivity contribution is 0.0507. The van der Waals surface area contributed by atoms with Gasteiger partial charge in [-0.1, -0.05) is 0 Å². The standard InChI is InChI=1S/C10H8BrN3O2/c1-15-6-16-8-2-9(11)10-7(3-12)4-13-14(10)5-8/h2,4-5H,6H2,1H3. The molecule has 2 aromatic rings. The predicted octanol–water partition coefficient (Wildman–Crippen LogP) is 1.95. The second-order valence-electron chi connectivity index (χ2n) is 3.04. The molecule has 0 unspecified atom stereocenters. The molecule has 0 saturated heterocycles. The van der Waals surface area contributed by atoms with Crippen LogP contribution in [0.3, 0.4) is 0 Å². The van der Waals surface area contributed by atoms with E-state index >= 15 is 0 Å². The summed E-state index contributed by atoms with van der Waals surface area (Å²) >= 11 is 3.38. The van der Waals surface area contributed by atoms with E-state index in [-0.39, 0.29) is 6.79 Å². The van der Waals surface area contributed by atoms with E-state index in [0.717, 1.165) is 9.99 Å². The van der Waals surface area contributed by atoms with Crippen molar-refractivity contribution in [2.75, 3.05) is 13.9 Å². The van der Waals surface area contributed by atoms with Gasteiger partial charge in [-0.3, -0.25) is 0 Å². The summed E-state index contributed by atoms with van der Waals surface area (Å²) in [5.74, 6) is 0.619. The molecular weight excluding hydrogens is 274 g/mol. The number of aromatic nitrogens is 2. The van der Waals surface area contributed by atoms with Crippen molar-refractivity contribution in [3.63, 3.8) is 0 Å². The zero-order valence-electron chi connectivity index (χ0n) is 8.48. The average Bonchev–Trinajstić information content (AvgIpc) is 2.69. The highest BCUT2D eigenvalue weighted by molar-refractivity contribution is 9.10. The summed E-state index contributed by atoms with van der Waals surface area (Å²) in [4.78, 5) is 0. The van der Waals surface area contributed by atoms with Crippen molar-refractivity contribution in [3.05, 3.63) is 28.5 Å². The molecule has 2 rings (SSSR count). The molecule has 0 amide bonds. The van der Waals surface area contributed by atoms with E-state index in [1.165, 1.54) is 6.20 Å². The second-order valence-corrected chi connectivity index (χ2v) is 3.89. The van der Waals surface area contributed by atoms with Crippen molar-refractivity contribution in [2.24, 2.45) is 0 Å². The zero-order valence-corrected chi connectivity index (χ0v) is 10.1. The quantitative estimate of drug-likeness (QED) is 0.807. The first-order valence-electron chi connectivity index (χ1n) is 4.45. The van der Waals surface area contributed by atoms with Crippen LogP contribution >= 0.6 is 15.9 Å². The summed E-state index contributed by atoms with van der Waals surface area (Å²) in [6, 6.07) is 3.85. The molecule has 0 aliphatic carbocycles. The number of hydrogen-bond donors (Lipinski definition) is 0. The van der Waals surface area contributed by atoms with Gasteiger partial charge in [0.15, 0.2) is 6.79 Å². The topological polar surface area (TPSA) is 59.5 Å². The third-order valence-electron chi connectivity index (χ3n) is 2.00. The smallest absolute Gasteiger partial charge is 0.188 e. The van der Waals surface area contributed by atoms with Gasteiger partial charge in [-0.15, -0.1) is 0 Å². The summed E-state index contributed by atoms with van der Waals surface area (Å²) in [6.45, 7) is 0.171. The molecule has 0 radical (unpaired) electrons. The fraction of sp³-hybridized carbons (Fsp3) is 0.200. The van der Waals surface area contributed by atoms with Gasteiger partial charge in [-0.05, 0) is 22.0 Å². The van der Waals surface area contributed by atoms with Crippen LogP contribution in [0.1, 0.15) is 5.56 Å². The highest BCUT2D eigenvalue weighted by Crippen LogP contribution is 2.26. The first-order chi connectivity index (χ1) is 7.76. The molecule has 0 bridgehead atoms. The summed E-state index contributed by atoms with van der Waals surface area (Å²) in [5, 5.41) is 12.9. The predicted molar refractivity (Wildman–Crippen MR) is 60.1 cm³/mol. The van der Waals surface area contributed by atoms with Gasteiger partial charge in [0.25, 0.3) is 0 Å². The average molecular weight is 282 g/mol. The number of rotatable bonds is 3. The van der Waals surface area contributed by atoms with E-state index < -0.39 is 0 Å². The molecule has 0 N–H and O–H groups in total. The van der Waals surface area contributed by atoms with Crippen LogP contribution in [0.5, 0.6) is 5.75 Å². The van der Waals surface area contributed by atoms with Crippen LogP contribution in [0.25, 0.3) is 5.52 Å². The van der Waals surface area contributed by atoms with Crippen molar-refractivity contribution >= 4 is 21.4 Å². The fourth-order valence-electron chi connectivity index (χ4n) is 1.34. The molecule has 0 aliphatic rings. The molecule has 0 aliphatic heterocycles. The third-order valence-corrected chi connectivity index (χ3v) is 2.61. The lowest BCUT2D eigenvalue weighted by Gasteiger charge is -2.06. The molecule has 5 nitrogen and oxygen atoms in total. The molecule has 2 aromatic heterocycles. The number of ether oxygens (including phenoxy) is 2. The fourth-order valence-corrected chi connectivity index (χ4v) is 1.96. The summed E-state index contributed by atoms with van der Waals surface area (Å²) < 4.78 is 12.4. The molecule has 0 spiro atoms. The Morgan fingerprint density at radius 3 is 3.12 bits per heavy atom. The second kappa shape index (κ2) is 4.51. The molecule has 0 saturated carbocycles. The Bertz CT molecular complexity index is 559. The largest absolute Gasteiger partial charge is 0.466 e. The van der Waals surface area contributed by atoms with Gasteiger partial charge < -0.3 is 9.47 Å². The lowest BCUT2D eigenvalue weighted by atomic mass is 10.3. The molecule has 6 heteroatoms. The Morgan fingerprint density at radius 2 is 2.44 bits per heavy atom. The maximum atomic E-state index is 8.88. The van der Waals surface area contributed by atoms with Crippen molar-refractivity contribution < 1.29 is 9.47 Å². The number of methoxy groups -OCH3 is 1. The number of hydrogen-bond acceptors (Lipinski definition) is 4. The molecule has 82 valence electrons. The Hall–Kier alpha value is -1.58. The van der Waals surface area contributed by atoms with Gasteiger partial charge in [-0.25, -0.2) is 4.52 Å². The Balaban J connectivity index is 2.49. The van der Waals surface area contributed by atoms with Crippen LogP contribution in [-0.4, -0.2) is 23.5 Å². The maximum absolute atomic E-state index is 8.88. The van der Waals surface area contributed by atoms with Crippen molar-refractivity contribution in [2.45, 2.75) is 0 Å². The number of pyridine rings is 1. The summed E-state index contributed by atoms with van der Waals surface area (Å²) in [5.41, 5.74) is 1.25. The van der Waals surface area contributed by atoms with E-state index in [4.69, 9.17) is 14.7 Å². The SMILES string of the molecule is COCOc1cc(Br)c2c(C#N)cnn2c1. The van der Waals surface area contributed by atoms with Gasteiger partial charge in [0.2, 0.25) is 0 Å². The minimum absolute atomic E-state index is 0.171. The van der Waals surface area contributed by atoms with Crippen LogP contribution in [0.2, 0.25) is 0 Å². The highest BCUT2D eigenvalue weighted by Gasteiger charge is 2.09. The van der Waals surface area contributed by atoms with Crippen LogP contribution in [-0.2, 0) is 4.74 Å². The van der Waals surface area contributed by atoms with E-state index in [0.29, 0.717) is 11.3 Å². The molecule has 0 aromatic carbocycles. The molecule has 0 atom stereocenters. The van der Waals surface area contributed by atoms with Crippen molar-refractivity contribution in [3.8, 4) is 11.8 Å². The molecule has 16 heavy (non-hydrogen) atoms. The van der Waals surface area contributed by atoms with Crippen LogP contribution in [0.15, 0.2) is 22.9 Å². The number of nitriles is 1. The molecule has 2 heterocycles. The summed E-state index contributed by atoms with van der Waals surface area (Å²) in [6.07, 6.45) is 3.21. The van der Waals surface area contributed by atoms with Gasteiger partial charge in [0.1, 0.15) is 11.8 Å². The summed E-state index contributed by atoms with van der Waals surface area (Å²) in [7, 11) is 1.55. The first kappa shape index (κ1) is 10.9. The minimum atomic E-state index is 0.171. The van der Waals surface area contributed by atoms with Crippen LogP contribution in [0, 0.1) is 11.3 Å². The Labute approximate surface area is 100 Å². The zero-order chi connectivity index (χ0) is 11.5. The Morgan fingerprint density at radius 1 is 1.62 bits per heavy atom. The van der Waals surface area contributed by atoms with Crippen LogP contribution in [0.4, 0.5) is 0 Å². The number of halogens is 1. The third kappa shape index (κ3) is 1.87. The first-order valence-corrected chi connectivity index (χ1v) is 5.24. The van der Waals surface area contributed by atoms with Crippen LogP contribution < -0.4 is 4.74 Å². The van der Waals surface area contributed by atoms with Crippen molar-refractivity contribution in [1.82, 2.24) is 9.61 Å². The van der Waals surface area contributed by atoms with Gasteiger partial charge in [0, 0.05) is 11.6 Å². The van der Waals surface area contributed by atoms with Crippen molar-refractivity contribution in [1.29, 1.82) is 5.26 Å². The van der Waals surface area contributed by atoms with Gasteiger partial charge >= 0.3 is 0 Å². The Kier molecular flexibility index (Phi) is 3.08. The minimum Gasteiger partial charge on any atom is -0.466 e. The lowest BCUT2D eigenvalue weighted by Crippen LogP contribution is -2.00. The number of fused-ring (bicyclic) bond motifs is 1.